The zero-order valence-corrected chi connectivity index (χ0v) is 13.0. The van der Waals surface area contributed by atoms with Crippen molar-refractivity contribution >= 4 is 6.03 Å². The molecule has 0 unspecified atom stereocenters. The molecule has 0 bridgehead atoms. The van der Waals surface area contributed by atoms with Crippen molar-refractivity contribution in [2.24, 2.45) is 0 Å². The van der Waals surface area contributed by atoms with Crippen LogP contribution in [0.5, 0.6) is 5.75 Å². The van der Waals surface area contributed by atoms with Crippen LogP contribution in [0.3, 0.4) is 0 Å². The predicted octanol–water partition coefficient (Wildman–Crippen LogP) is 2.06. The lowest BCUT2D eigenvalue weighted by Gasteiger charge is -2.35. The molecule has 1 aliphatic rings. The Morgan fingerprint density at radius 3 is 2.48 bits per heavy atom. The highest BCUT2D eigenvalue weighted by atomic mass is 16.5. The summed E-state index contributed by atoms with van der Waals surface area (Å²) in [6, 6.07) is 7.89. The molecule has 1 aromatic carbocycles. The fraction of sp³-hybridized carbons (Fsp3) is 0.562. The fourth-order valence-corrected chi connectivity index (χ4v) is 2.56. The first-order valence-corrected chi connectivity index (χ1v) is 7.39. The van der Waals surface area contributed by atoms with E-state index in [9.17, 15) is 4.79 Å². The summed E-state index contributed by atoms with van der Waals surface area (Å²) in [6.07, 6.45) is 1.01. The van der Waals surface area contributed by atoms with Crippen LogP contribution in [0.2, 0.25) is 0 Å². The molecule has 2 amide bonds. The maximum Gasteiger partial charge on any atom is 0.317 e. The molecule has 0 aliphatic carbocycles. The summed E-state index contributed by atoms with van der Waals surface area (Å²) >= 11 is 0. The second-order valence-corrected chi connectivity index (χ2v) is 5.49. The number of methoxy groups -OCH3 is 1. The van der Waals surface area contributed by atoms with Gasteiger partial charge in [0.2, 0.25) is 0 Å². The van der Waals surface area contributed by atoms with Gasteiger partial charge in [-0.3, -0.25) is 0 Å². The van der Waals surface area contributed by atoms with E-state index >= 15 is 0 Å². The van der Waals surface area contributed by atoms with Crippen LogP contribution in [0.15, 0.2) is 24.3 Å². The molecule has 1 saturated heterocycles. The molecule has 1 aromatic rings. The molecule has 5 heteroatoms. The third-order valence-corrected chi connectivity index (χ3v) is 3.56. The van der Waals surface area contributed by atoms with Gasteiger partial charge in [-0.25, -0.2) is 4.79 Å². The number of rotatable bonds is 4. The topological polar surface area (TPSA) is 50.8 Å². The molecule has 1 heterocycles. The van der Waals surface area contributed by atoms with Gasteiger partial charge in [0.05, 0.1) is 19.3 Å². The Labute approximate surface area is 126 Å². The van der Waals surface area contributed by atoms with E-state index in [2.05, 4.69) is 5.32 Å². The normalized spacial score (nSPS) is 22.0. The van der Waals surface area contributed by atoms with Gasteiger partial charge < -0.3 is 19.7 Å². The van der Waals surface area contributed by atoms with Crippen molar-refractivity contribution in [2.45, 2.75) is 32.5 Å². The zero-order chi connectivity index (χ0) is 15.2. The maximum atomic E-state index is 12.1. The first-order valence-electron chi connectivity index (χ1n) is 7.39. The molecule has 5 nitrogen and oxygen atoms in total. The first kappa shape index (κ1) is 15.6. The van der Waals surface area contributed by atoms with Crippen molar-refractivity contribution in [3.8, 4) is 5.75 Å². The minimum atomic E-state index is -0.00879. The van der Waals surface area contributed by atoms with Crippen molar-refractivity contribution in [2.75, 3.05) is 26.7 Å². The molecule has 0 aromatic heterocycles. The Hall–Kier alpha value is -1.75. The molecular weight excluding hydrogens is 268 g/mol. The molecule has 1 N–H and O–H groups in total. The summed E-state index contributed by atoms with van der Waals surface area (Å²) < 4.78 is 10.8. The Morgan fingerprint density at radius 1 is 1.29 bits per heavy atom. The standard InChI is InChI=1S/C16H24N2O3/c1-12-10-18(11-13(2)21-12)16(19)17-9-8-14-4-6-15(20-3)7-5-14/h4-7,12-13H,8-11H2,1-3H3,(H,17,19)/t12-,13-/m1/s1. The lowest BCUT2D eigenvalue weighted by molar-refractivity contribution is -0.0544. The average Bonchev–Trinajstić information content (AvgIpc) is 2.47. The average molecular weight is 292 g/mol. The highest BCUT2D eigenvalue weighted by Crippen LogP contribution is 2.12. The van der Waals surface area contributed by atoms with Crippen LogP contribution in [0.25, 0.3) is 0 Å². The number of ether oxygens (including phenoxy) is 2. The van der Waals surface area contributed by atoms with Crippen LogP contribution in [-0.2, 0) is 11.2 Å². The van der Waals surface area contributed by atoms with E-state index in [0.717, 1.165) is 12.2 Å². The Kier molecular flexibility index (Phi) is 5.44. The molecule has 2 atom stereocenters. The highest BCUT2D eigenvalue weighted by molar-refractivity contribution is 5.74. The molecule has 21 heavy (non-hydrogen) atoms. The number of urea groups is 1. The number of nitrogens with zero attached hydrogens (tertiary/aromatic N) is 1. The first-order chi connectivity index (χ1) is 10.1. The SMILES string of the molecule is COc1ccc(CCNC(=O)N2C[C@@H](C)O[C@H](C)C2)cc1. The maximum absolute atomic E-state index is 12.1. The van der Waals surface area contributed by atoms with E-state index in [1.807, 2.05) is 43.0 Å². The van der Waals surface area contributed by atoms with Crippen molar-refractivity contribution in [1.82, 2.24) is 10.2 Å². The molecule has 1 aliphatic heterocycles. The summed E-state index contributed by atoms with van der Waals surface area (Å²) in [5, 5.41) is 2.97. The molecule has 116 valence electrons. The quantitative estimate of drug-likeness (QED) is 0.924. The van der Waals surface area contributed by atoms with Gasteiger partial charge in [0.25, 0.3) is 0 Å². The van der Waals surface area contributed by atoms with Gasteiger partial charge in [0.1, 0.15) is 5.75 Å². The number of morpholine rings is 1. The zero-order valence-electron chi connectivity index (χ0n) is 13.0. The minimum Gasteiger partial charge on any atom is -0.497 e. The van der Waals surface area contributed by atoms with Crippen molar-refractivity contribution in [3.63, 3.8) is 0 Å². The van der Waals surface area contributed by atoms with Gasteiger partial charge in [-0.2, -0.15) is 0 Å². The molecule has 2 rings (SSSR count). The lowest BCUT2D eigenvalue weighted by atomic mass is 10.1. The minimum absolute atomic E-state index is 0.00879. The third-order valence-electron chi connectivity index (χ3n) is 3.56. The second-order valence-electron chi connectivity index (χ2n) is 5.49. The summed E-state index contributed by atoms with van der Waals surface area (Å²) in [4.78, 5) is 13.9. The summed E-state index contributed by atoms with van der Waals surface area (Å²) in [5.74, 6) is 0.846. The van der Waals surface area contributed by atoms with Gasteiger partial charge in [0.15, 0.2) is 0 Å². The smallest absolute Gasteiger partial charge is 0.317 e. The monoisotopic (exact) mass is 292 g/mol. The summed E-state index contributed by atoms with van der Waals surface area (Å²) in [5.41, 5.74) is 1.18. The van der Waals surface area contributed by atoms with Crippen molar-refractivity contribution < 1.29 is 14.3 Å². The third kappa shape index (κ3) is 4.63. The van der Waals surface area contributed by atoms with E-state index in [1.54, 1.807) is 7.11 Å². The molecule has 0 saturated carbocycles. The highest BCUT2D eigenvalue weighted by Gasteiger charge is 2.25. The van der Waals surface area contributed by atoms with Crippen LogP contribution in [0.1, 0.15) is 19.4 Å². The lowest BCUT2D eigenvalue weighted by Crippen LogP contribution is -2.51. The van der Waals surface area contributed by atoms with Gasteiger partial charge in [0, 0.05) is 19.6 Å². The van der Waals surface area contributed by atoms with E-state index in [1.165, 1.54) is 5.56 Å². The van der Waals surface area contributed by atoms with Crippen LogP contribution < -0.4 is 10.1 Å². The number of amides is 2. The van der Waals surface area contributed by atoms with Gasteiger partial charge in [-0.15, -0.1) is 0 Å². The van der Waals surface area contributed by atoms with Crippen LogP contribution in [-0.4, -0.2) is 49.9 Å². The van der Waals surface area contributed by atoms with E-state index in [0.29, 0.717) is 19.6 Å². The summed E-state index contributed by atoms with van der Waals surface area (Å²) in [6.45, 7) is 5.92. The fourth-order valence-electron chi connectivity index (χ4n) is 2.56. The van der Waals surface area contributed by atoms with Gasteiger partial charge in [-0.05, 0) is 38.0 Å². The number of hydrogen-bond acceptors (Lipinski definition) is 3. The van der Waals surface area contributed by atoms with Crippen molar-refractivity contribution in [1.29, 1.82) is 0 Å². The number of benzene rings is 1. The van der Waals surface area contributed by atoms with E-state index in [-0.39, 0.29) is 18.2 Å². The second kappa shape index (κ2) is 7.31. The Bertz CT molecular complexity index is 451. The van der Waals surface area contributed by atoms with Crippen molar-refractivity contribution in [3.05, 3.63) is 29.8 Å². The van der Waals surface area contributed by atoms with E-state index < -0.39 is 0 Å². The van der Waals surface area contributed by atoms with E-state index in [4.69, 9.17) is 9.47 Å². The Balaban J connectivity index is 1.75. The van der Waals surface area contributed by atoms with Crippen LogP contribution in [0, 0.1) is 0 Å². The molecule has 1 fully saturated rings. The molecular formula is C16H24N2O3. The predicted molar refractivity (Wildman–Crippen MR) is 81.7 cm³/mol. The molecule has 0 radical (unpaired) electrons. The number of nitrogens with one attached hydrogen (secondary N) is 1. The summed E-state index contributed by atoms with van der Waals surface area (Å²) in [7, 11) is 1.65. The Morgan fingerprint density at radius 2 is 1.90 bits per heavy atom. The van der Waals surface area contributed by atoms with Crippen LogP contribution in [0.4, 0.5) is 4.79 Å². The van der Waals surface area contributed by atoms with Gasteiger partial charge >= 0.3 is 6.03 Å². The largest absolute Gasteiger partial charge is 0.497 e. The van der Waals surface area contributed by atoms with Crippen LogP contribution >= 0.6 is 0 Å². The number of carbonyl (C=O) groups is 1. The number of hydrogen-bond donors (Lipinski definition) is 1. The van der Waals surface area contributed by atoms with Gasteiger partial charge in [-0.1, -0.05) is 12.1 Å². The molecule has 0 spiro atoms. The number of carbonyl (C=O) groups excluding carboxylic acids is 1.